The lowest BCUT2D eigenvalue weighted by molar-refractivity contribution is -0.148. The van der Waals surface area contributed by atoms with E-state index >= 15 is 0 Å². The van der Waals surface area contributed by atoms with E-state index in [1.807, 2.05) is 0 Å². The maximum Gasteiger partial charge on any atom is 0.106 e. The number of ether oxygens (including phenoxy) is 1. The Kier molecular flexibility index (Phi) is 16.3. The molecular weight excluding hydrogens is 300 g/mol. The molecule has 0 radical (unpaired) electrons. The topological polar surface area (TPSA) is 49.7 Å². The quantitative estimate of drug-likeness (QED) is 0.317. The summed E-state index contributed by atoms with van der Waals surface area (Å²) in [6.07, 6.45) is 15.1. The van der Waals surface area contributed by atoms with Gasteiger partial charge in [-0.25, -0.2) is 0 Å². The molecule has 0 heterocycles. The number of rotatable bonds is 18. The molecule has 146 valence electrons. The molecule has 0 saturated heterocycles. The zero-order chi connectivity index (χ0) is 18.1. The van der Waals surface area contributed by atoms with Gasteiger partial charge in [0.1, 0.15) is 6.10 Å². The van der Waals surface area contributed by atoms with E-state index in [-0.39, 0.29) is 6.61 Å². The predicted molar refractivity (Wildman–Crippen MR) is 103 cm³/mol. The highest BCUT2D eigenvalue weighted by Crippen LogP contribution is 2.31. The predicted octanol–water partition coefficient (Wildman–Crippen LogP) is 5.62. The molecule has 2 N–H and O–H groups in total. The Morgan fingerprint density at radius 2 is 1.17 bits per heavy atom. The Labute approximate surface area is 151 Å². The van der Waals surface area contributed by atoms with E-state index in [9.17, 15) is 10.2 Å². The van der Waals surface area contributed by atoms with Crippen LogP contribution in [-0.2, 0) is 4.74 Å². The molecule has 3 heteroatoms. The fourth-order valence-corrected chi connectivity index (χ4v) is 3.37. The number of aliphatic hydroxyl groups excluding tert-OH is 2. The summed E-state index contributed by atoms with van der Waals surface area (Å²) in [7, 11) is 0. The Balaban J connectivity index is 4.64. The Bertz CT molecular complexity index is 243. The van der Waals surface area contributed by atoms with Crippen molar-refractivity contribution in [1.82, 2.24) is 0 Å². The summed E-state index contributed by atoms with van der Waals surface area (Å²) in [6, 6.07) is 0. The molecule has 0 aromatic rings. The van der Waals surface area contributed by atoms with Crippen LogP contribution < -0.4 is 0 Å². The molecule has 0 aliphatic carbocycles. The van der Waals surface area contributed by atoms with E-state index in [0.29, 0.717) is 6.61 Å². The average molecular weight is 345 g/mol. The van der Waals surface area contributed by atoms with Crippen LogP contribution in [0, 0.1) is 0 Å². The molecule has 1 atom stereocenters. The van der Waals surface area contributed by atoms with Gasteiger partial charge in [-0.2, -0.15) is 0 Å². The van der Waals surface area contributed by atoms with E-state index in [4.69, 9.17) is 4.74 Å². The SMILES string of the molecule is CCCCCCOC(CCCCCC)(CCCCCC)C(O)CO. The number of unbranched alkanes of at least 4 members (excludes halogenated alkanes) is 9. The van der Waals surface area contributed by atoms with Crippen molar-refractivity contribution in [3.05, 3.63) is 0 Å². The van der Waals surface area contributed by atoms with E-state index in [2.05, 4.69) is 20.8 Å². The van der Waals surface area contributed by atoms with Gasteiger partial charge in [0.05, 0.1) is 12.2 Å². The molecule has 0 aromatic carbocycles. The van der Waals surface area contributed by atoms with Gasteiger partial charge in [0.25, 0.3) is 0 Å². The van der Waals surface area contributed by atoms with Crippen LogP contribution in [0.1, 0.15) is 111 Å². The summed E-state index contributed by atoms with van der Waals surface area (Å²) in [5, 5.41) is 20.1. The first-order valence-electron chi connectivity index (χ1n) is 10.6. The fraction of sp³-hybridized carbons (Fsp3) is 1.00. The molecule has 0 rings (SSSR count). The number of aliphatic hydroxyl groups is 2. The third-order valence-electron chi connectivity index (χ3n) is 5.07. The largest absolute Gasteiger partial charge is 0.394 e. The number of hydrogen-bond donors (Lipinski definition) is 2. The van der Waals surface area contributed by atoms with E-state index in [1.54, 1.807) is 0 Å². The summed E-state index contributed by atoms with van der Waals surface area (Å²) >= 11 is 0. The van der Waals surface area contributed by atoms with Crippen LogP contribution in [0.5, 0.6) is 0 Å². The molecule has 0 amide bonds. The number of hydrogen-bond acceptors (Lipinski definition) is 3. The van der Waals surface area contributed by atoms with Crippen molar-refractivity contribution in [2.45, 2.75) is 122 Å². The molecule has 0 aromatic heterocycles. The molecule has 0 spiro atoms. The van der Waals surface area contributed by atoms with Gasteiger partial charge in [-0.15, -0.1) is 0 Å². The van der Waals surface area contributed by atoms with Crippen molar-refractivity contribution < 1.29 is 14.9 Å². The second-order valence-electron chi connectivity index (χ2n) is 7.29. The lowest BCUT2D eigenvalue weighted by Crippen LogP contribution is -2.47. The van der Waals surface area contributed by atoms with Gasteiger partial charge in [0.15, 0.2) is 0 Å². The molecule has 3 nitrogen and oxygen atoms in total. The monoisotopic (exact) mass is 344 g/mol. The van der Waals surface area contributed by atoms with Crippen LogP contribution in [0.15, 0.2) is 0 Å². The van der Waals surface area contributed by atoms with Crippen LogP contribution in [-0.4, -0.2) is 35.1 Å². The Morgan fingerprint density at radius 3 is 1.58 bits per heavy atom. The summed E-state index contributed by atoms with van der Waals surface area (Å²) < 4.78 is 6.28. The van der Waals surface area contributed by atoms with Crippen molar-refractivity contribution in [3.63, 3.8) is 0 Å². The van der Waals surface area contributed by atoms with Crippen LogP contribution in [0.3, 0.4) is 0 Å². The van der Waals surface area contributed by atoms with E-state index < -0.39 is 11.7 Å². The fourth-order valence-electron chi connectivity index (χ4n) is 3.37. The first kappa shape index (κ1) is 23.9. The average Bonchev–Trinajstić information content (AvgIpc) is 2.60. The lowest BCUT2D eigenvalue weighted by Gasteiger charge is -2.38. The molecule has 0 fully saturated rings. The molecular formula is C21H44O3. The van der Waals surface area contributed by atoms with Gasteiger partial charge in [0, 0.05) is 6.61 Å². The summed E-state index contributed by atoms with van der Waals surface area (Å²) in [4.78, 5) is 0. The van der Waals surface area contributed by atoms with Crippen molar-refractivity contribution >= 4 is 0 Å². The van der Waals surface area contributed by atoms with Gasteiger partial charge in [-0.1, -0.05) is 91.4 Å². The second-order valence-corrected chi connectivity index (χ2v) is 7.29. The van der Waals surface area contributed by atoms with Gasteiger partial charge < -0.3 is 14.9 Å². The summed E-state index contributed by atoms with van der Waals surface area (Å²) in [5.41, 5.74) is -0.539. The first-order valence-corrected chi connectivity index (χ1v) is 10.6. The minimum atomic E-state index is -0.757. The normalized spacial score (nSPS) is 13.4. The van der Waals surface area contributed by atoms with Crippen molar-refractivity contribution in [2.24, 2.45) is 0 Å². The summed E-state index contributed by atoms with van der Waals surface area (Å²) in [6.45, 7) is 7.15. The molecule has 0 aliphatic heterocycles. The van der Waals surface area contributed by atoms with Gasteiger partial charge in [-0.3, -0.25) is 0 Å². The molecule has 0 aliphatic rings. The Hall–Kier alpha value is -0.120. The van der Waals surface area contributed by atoms with E-state index in [1.165, 1.54) is 57.8 Å². The zero-order valence-corrected chi connectivity index (χ0v) is 16.7. The Morgan fingerprint density at radius 1 is 0.708 bits per heavy atom. The van der Waals surface area contributed by atoms with Crippen LogP contribution >= 0.6 is 0 Å². The lowest BCUT2D eigenvalue weighted by atomic mass is 9.84. The third kappa shape index (κ3) is 10.7. The highest BCUT2D eigenvalue weighted by molar-refractivity contribution is 4.88. The van der Waals surface area contributed by atoms with Crippen molar-refractivity contribution in [1.29, 1.82) is 0 Å². The minimum Gasteiger partial charge on any atom is -0.394 e. The van der Waals surface area contributed by atoms with Crippen LogP contribution in [0.4, 0.5) is 0 Å². The maximum atomic E-state index is 10.5. The van der Waals surface area contributed by atoms with Gasteiger partial charge in [0.2, 0.25) is 0 Å². The van der Waals surface area contributed by atoms with Crippen molar-refractivity contribution in [3.8, 4) is 0 Å². The summed E-state index contributed by atoms with van der Waals surface area (Å²) in [5.74, 6) is 0. The zero-order valence-electron chi connectivity index (χ0n) is 16.7. The van der Waals surface area contributed by atoms with Crippen LogP contribution in [0.2, 0.25) is 0 Å². The van der Waals surface area contributed by atoms with Crippen molar-refractivity contribution in [2.75, 3.05) is 13.2 Å². The third-order valence-corrected chi connectivity index (χ3v) is 5.07. The van der Waals surface area contributed by atoms with E-state index in [0.717, 1.165) is 32.1 Å². The molecule has 0 saturated carbocycles. The molecule has 1 unspecified atom stereocenters. The highest BCUT2D eigenvalue weighted by atomic mass is 16.5. The molecule has 24 heavy (non-hydrogen) atoms. The second kappa shape index (κ2) is 16.4. The highest BCUT2D eigenvalue weighted by Gasteiger charge is 2.37. The first-order chi connectivity index (χ1) is 11.7. The standard InChI is InChI=1S/C21H44O3/c1-4-7-10-13-16-21(20(23)19-22,17-14-11-8-5-2)24-18-15-12-9-6-3/h20,22-23H,4-19H2,1-3H3. The van der Waals surface area contributed by atoms with Gasteiger partial charge in [-0.05, 0) is 19.3 Å². The van der Waals surface area contributed by atoms with Gasteiger partial charge >= 0.3 is 0 Å². The smallest absolute Gasteiger partial charge is 0.106 e. The molecule has 0 bridgehead atoms. The maximum absolute atomic E-state index is 10.5. The van der Waals surface area contributed by atoms with Crippen LogP contribution in [0.25, 0.3) is 0 Å². The minimum absolute atomic E-state index is 0.198.